The Morgan fingerprint density at radius 2 is 1.41 bits per heavy atom. The van der Waals surface area contributed by atoms with E-state index in [0.29, 0.717) is 17.6 Å². The van der Waals surface area contributed by atoms with Gasteiger partial charge in [-0.1, -0.05) is 52.9 Å². The number of likely N-dealkylation sites (tertiary alicyclic amines) is 2. The first kappa shape index (κ1) is 28.4. The number of hydrogen-bond donors (Lipinski definition) is 0. The van der Waals surface area contributed by atoms with Crippen LogP contribution in [0.1, 0.15) is 117 Å². The molecule has 1 unspecified atom stereocenters. The number of nitrogens with zero attached hydrogens (tertiary/aromatic N) is 2. The zero-order valence-corrected chi connectivity index (χ0v) is 23.2. The van der Waals surface area contributed by atoms with Crippen LogP contribution in [0.3, 0.4) is 0 Å². The lowest BCUT2D eigenvalue weighted by Crippen LogP contribution is -2.50. The van der Waals surface area contributed by atoms with Gasteiger partial charge in [0.15, 0.2) is 0 Å². The SMILES string of the molecule is CCCCCCN1CCC(OCCCCC(C)CN2CCC3(CC2)CC(OCCCC)C3)CC1. The van der Waals surface area contributed by atoms with Gasteiger partial charge in [0, 0.05) is 32.8 Å². The average molecular weight is 479 g/mol. The maximum absolute atomic E-state index is 6.24. The van der Waals surface area contributed by atoms with Gasteiger partial charge in [-0.25, -0.2) is 0 Å². The monoisotopic (exact) mass is 478 g/mol. The van der Waals surface area contributed by atoms with E-state index in [2.05, 4.69) is 30.6 Å². The van der Waals surface area contributed by atoms with Gasteiger partial charge < -0.3 is 19.3 Å². The molecule has 34 heavy (non-hydrogen) atoms. The lowest BCUT2D eigenvalue weighted by molar-refractivity contribution is -0.106. The Labute approximate surface area is 212 Å². The summed E-state index contributed by atoms with van der Waals surface area (Å²) in [6.07, 6.45) is 20.9. The molecule has 1 saturated carbocycles. The van der Waals surface area contributed by atoms with Crippen LogP contribution in [0.25, 0.3) is 0 Å². The van der Waals surface area contributed by atoms with Crippen LogP contribution in [0, 0.1) is 11.3 Å². The van der Waals surface area contributed by atoms with Crippen molar-refractivity contribution in [3.05, 3.63) is 0 Å². The first-order valence-electron chi connectivity index (χ1n) is 15.3. The molecular formula is C30H58N2O2. The van der Waals surface area contributed by atoms with Crippen LogP contribution < -0.4 is 0 Å². The smallest absolute Gasteiger partial charge is 0.0599 e. The normalized spacial score (nSPS) is 23.4. The van der Waals surface area contributed by atoms with Crippen molar-refractivity contribution in [1.82, 2.24) is 9.80 Å². The van der Waals surface area contributed by atoms with Crippen LogP contribution >= 0.6 is 0 Å². The second kappa shape index (κ2) is 15.8. The maximum atomic E-state index is 6.24. The van der Waals surface area contributed by atoms with Crippen molar-refractivity contribution in [1.29, 1.82) is 0 Å². The minimum atomic E-state index is 0.521. The van der Waals surface area contributed by atoms with Gasteiger partial charge in [-0.2, -0.15) is 0 Å². The minimum Gasteiger partial charge on any atom is -0.378 e. The van der Waals surface area contributed by atoms with Crippen LogP contribution in [0.15, 0.2) is 0 Å². The van der Waals surface area contributed by atoms with Gasteiger partial charge in [0.2, 0.25) is 0 Å². The molecule has 1 atom stereocenters. The summed E-state index contributed by atoms with van der Waals surface area (Å²) in [5.41, 5.74) is 0.638. The molecule has 2 heterocycles. The lowest BCUT2D eigenvalue weighted by atomic mass is 9.61. The van der Waals surface area contributed by atoms with Crippen LogP contribution in [0.4, 0.5) is 0 Å². The molecule has 1 spiro atoms. The molecule has 3 aliphatic rings. The van der Waals surface area contributed by atoms with Gasteiger partial charge in [0.25, 0.3) is 0 Å². The van der Waals surface area contributed by atoms with Crippen molar-refractivity contribution >= 4 is 0 Å². The first-order valence-corrected chi connectivity index (χ1v) is 15.3. The van der Waals surface area contributed by atoms with E-state index in [0.717, 1.165) is 19.1 Å². The van der Waals surface area contributed by atoms with Crippen molar-refractivity contribution in [2.75, 3.05) is 52.5 Å². The molecule has 0 radical (unpaired) electrons. The fourth-order valence-corrected chi connectivity index (χ4v) is 6.48. The van der Waals surface area contributed by atoms with E-state index in [9.17, 15) is 0 Å². The maximum Gasteiger partial charge on any atom is 0.0599 e. The Bertz CT molecular complexity index is 504. The summed E-state index contributed by atoms with van der Waals surface area (Å²) in [6, 6.07) is 0. The lowest BCUT2D eigenvalue weighted by Gasteiger charge is -2.52. The van der Waals surface area contributed by atoms with Crippen molar-refractivity contribution in [3.63, 3.8) is 0 Å². The van der Waals surface area contributed by atoms with Crippen LogP contribution in [0.2, 0.25) is 0 Å². The van der Waals surface area contributed by atoms with Crippen molar-refractivity contribution in [3.8, 4) is 0 Å². The zero-order valence-electron chi connectivity index (χ0n) is 23.2. The highest BCUT2D eigenvalue weighted by Crippen LogP contribution is 2.50. The summed E-state index contributed by atoms with van der Waals surface area (Å²) in [7, 11) is 0. The van der Waals surface area contributed by atoms with Gasteiger partial charge in [0.05, 0.1) is 12.2 Å². The third-order valence-electron chi connectivity index (χ3n) is 8.97. The molecule has 0 amide bonds. The molecule has 2 saturated heterocycles. The Balaban J connectivity index is 1.14. The highest BCUT2D eigenvalue weighted by Gasteiger charge is 2.46. The Kier molecular flexibility index (Phi) is 13.2. The molecule has 3 rings (SSSR count). The van der Waals surface area contributed by atoms with Gasteiger partial charge in [-0.3, -0.25) is 0 Å². The molecular weight excluding hydrogens is 420 g/mol. The van der Waals surface area contributed by atoms with E-state index in [-0.39, 0.29) is 0 Å². The number of piperidine rings is 2. The zero-order chi connectivity index (χ0) is 24.1. The highest BCUT2D eigenvalue weighted by molar-refractivity contribution is 4.98. The van der Waals surface area contributed by atoms with Crippen molar-refractivity contribution in [2.24, 2.45) is 11.3 Å². The second-order valence-corrected chi connectivity index (χ2v) is 12.1. The molecule has 2 aliphatic heterocycles. The van der Waals surface area contributed by atoms with Crippen molar-refractivity contribution in [2.45, 2.75) is 129 Å². The van der Waals surface area contributed by atoms with Gasteiger partial charge >= 0.3 is 0 Å². The predicted octanol–water partition coefficient (Wildman–Crippen LogP) is 6.92. The fourth-order valence-electron chi connectivity index (χ4n) is 6.48. The molecule has 0 aromatic heterocycles. The summed E-state index contributed by atoms with van der Waals surface area (Å²) in [4.78, 5) is 5.40. The molecule has 4 heteroatoms. The van der Waals surface area contributed by atoms with Gasteiger partial charge in [-0.15, -0.1) is 0 Å². The number of hydrogen-bond acceptors (Lipinski definition) is 4. The van der Waals surface area contributed by atoms with E-state index in [1.54, 1.807) is 0 Å². The molecule has 0 aromatic rings. The number of rotatable bonds is 17. The van der Waals surface area contributed by atoms with Crippen LogP contribution in [-0.4, -0.2) is 74.5 Å². The Morgan fingerprint density at radius 3 is 2.12 bits per heavy atom. The minimum absolute atomic E-state index is 0.521. The highest BCUT2D eigenvalue weighted by atomic mass is 16.5. The Morgan fingerprint density at radius 1 is 0.735 bits per heavy atom. The Hall–Kier alpha value is -0.160. The van der Waals surface area contributed by atoms with Gasteiger partial charge in [-0.05, 0) is 95.2 Å². The third-order valence-corrected chi connectivity index (χ3v) is 8.97. The molecule has 0 aromatic carbocycles. The summed E-state index contributed by atoms with van der Waals surface area (Å²) in [5.74, 6) is 0.816. The topological polar surface area (TPSA) is 24.9 Å². The summed E-state index contributed by atoms with van der Waals surface area (Å²) < 4.78 is 12.3. The summed E-state index contributed by atoms with van der Waals surface area (Å²) >= 11 is 0. The fraction of sp³-hybridized carbons (Fsp3) is 1.00. The van der Waals surface area contributed by atoms with Crippen LogP contribution in [-0.2, 0) is 9.47 Å². The number of ether oxygens (including phenoxy) is 2. The molecule has 0 N–H and O–H groups in total. The standard InChI is InChI=1S/C30H58N2O2/c1-4-6-8-10-17-31-18-13-28(14-19-31)33-23-11-9-12-27(3)26-32-20-15-30(16-21-32)24-29(25-30)34-22-7-5-2/h27-29H,4-26H2,1-3H3. The van der Waals surface area contributed by atoms with E-state index < -0.39 is 0 Å². The van der Waals surface area contributed by atoms with E-state index in [4.69, 9.17) is 9.47 Å². The molecule has 200 valence electrons. The average Bonchev–Trinajstić information content (AvgIpc) is 2.83. The van der Waals surface area contributed by atoms with E-state index in [1.807, 2.05) is 0 Å². The summed E-state index contributed by atoms with van der Waals surface area (Å²) in [6.45, 7) is 16.7. The van der Waals surface area contributed by atoms with Crippen LogP contribution in [0.5, 0.6) is 0 Å². The predicted molar refractivity (Wildman–Crippen MR) is 145 cm³/mol. The first-order chi connectivity index (χ1) is 16.6. The largest absolute Gasteiger partial charge is 0.378 e. The van der Waals surface area contributed by atoms with Crippen molar-refractivity contribution < 1.29 is 9.47 Å². The quantitative estimate of drug-likeness (QED) is 0.212. The van der Waals surface area contributed by atoms with E-state index in [1.165, 1.54) is 136 Å². The molecule has 4 nitrogen and oxygen atoms in total. The molecule has 0 bridgehead atoms. The van der Waals surface area contributed by atoms with E-state index >= 15 is 0 Å². The second-order valence-electron chi connectivity index (χ2n) is 12.1. The molecule has 3 fully saturated rings. The number of unbranched alkanes of at least 4 members (excludes halogenated alkanes) is 5. The summed E-state index contributed by atoms with van der Waals surface area (Å²) in [5, 5.41) is 0. The molecule has 1 aliphatic carbocycles. The van der Waals surface area contributed by atoms with Gasteiger partial charge in [0.1, 0.15) is 0 Å². The third kappa shape index (κ3) is 10.1.